The van der Waals surface area contributed by atoms with Gasteiger partial charge in [-0.3, -0.25) is 4.79 Å². The van der Waals surface area contributed by atoms with E-state index in [1.54, 1.807) is 6.92 Å². The molecule has 4 rings (SSSR count). The molecule has 40 heavy (non-hydrogen) atoms. The second-order valence-corrected chi connectivity index (χ2v) is 10.1. The first-order valence-corrected chi connectivity index (χ1v) is 13.6. The maximum atomic E-state index is 12.5. The molecule has 0 fully saturated rings. The molecule has 0 spiro atoms. The lowest BCUT2D eigenvalue weighted by Crippen LogP contribution is -2.48. The Hall–Kier alpha value is -4.17. The van der Waals surface area contributed by atoms with Crippen molar-refractivity contribution in [2.24, 2.45) is 0 Å². The van der Waals surface area contributed by atoms with Crippen LogP contribution in [-0.2, 0) is 25.7 Å². The van der Waals surface area contributed by atoms with E-state index >= 15 is 0 Å². The molecular weight excluding hydrogens is 508 g/mol. The first-order valence-electron chi connectivity index (χ1n) is 13.6. The molecule has 0 aromatic heterocycles. The first-order chi connectivity index (χ1) is 19.3. The van der Waals surface area contributed by atoms with Crippen molar-refractivity contribution in [2.75, 3.05) is 6.61 Å². The number of alkyl carbamates (subject to hydrolysis) is 1. The smallest absolute Gasteiger partial charge is 0.407 e. The fraction of sp³-hybridized carbons (Fsp3) is 0.344. The van der Waals surface area contributed by atoms with Gasteiger partial charge in [0.25, 0.3) is 0 Å². The zero-order valence-corrected chi connectivity index (χ0v) is 22.8. The minimum atomic E-state index is -1.16. The van der Waals surface area contributed by atoms with Crippen molar-refractivity contribution in [3.05, 3.63) is 95.6 Å². The average molecular weight is 545 g/mol. The molecule has 3 atom stereocenters. The minimum Gasteiger partial charge on any atom is -0.480 e. The van der Waals surface area contributed by atoms with Gasteiger partial charge in [0.1, 0.15) is 6.61 Å². The van der Waals surface area contributed by atoms with Crippen molar-refractivity contribution in [1.82, 2.24) is 10.6 Å². The van der Waals surface area contributed by atoms with Gasteiger partial charge >= 0.3 is 12.1 Å². The molecule has 1 aliphatic rings. The zero-order valence-electron chi connectivity index (χ0n) is 22.8. The van der Waals surface area contributed by atoms with Crippen molar-refractivity contribution in [3.8, 4) is 11.1 Å². The van der Waals surface area contributed by atoms with Crippen LogP contribution in [0.1, 0.15) is 55.7 Å². The Bertz CT molecular complexity index is 1270. The van der Waals surface area contributed by atoms with Gasteiger partial charge in [-0.1, -0.05) is 78.9 Å². The van der Waals surface area contributed by atoms with E-state index in [-0.39, 0.29) is 37.5 Å². The number of benzene rings is 3. The minimum absolute atomic E-state index is 0.0154. The van der Waals surface area contributed by atoms with E-state index in [1.165, 1.54) is 11.1 Å². The third-order valence-electron chi connectivity index (χ3n) is 7.16. The van der Waals surface area contributed by atoms with E-state index in [0.29, 0.717) is 12.8 Å². The van der Waals surface area contributed by atoms with Gasteiger partial charge in [-0.05, 0) is 54.5 Å². The number of carbonyl (C=O) groups excluding carboxylic acids is 2. The van der Waals surface area contributed by atoms with Gasteiger partial charge in [0.15, 0.2) is 6.04 Å². The lowest BCUT2D eigenvalue weighted by Gasteiger charge is -2.22. The number of fused-ring (bicyclic) bond motifs is 3. The molecule has 0 saturated carbocycles. The van der Waals surface area contributed by atoms with E-state index in [4.69, 9.17) is 9.47 Å². The SMILES string of the molecule is CC(CCCC(=O)N[C@@H](C(=O)O)[C@H](C)OCc1ccccc1)NC(=O)OCC1c2ccccc2-c2ccccc21. The van der Waals surface area contributed by atoms with Gasteiger partial charge in [-0.25, -0.2) is 9.59 Å². The molecule has 8 nitrogen and oxygen atoms in total. The predicted molar refractivity (Wildman–Crippen MR) is 152 cm³/mol. The highest BCUT2D eigenvalue weighted by molar-refractivity contribution is 5.84. The quantitative estimate of drug-likeness (QED) is 0.271. The molecule has 2 amide bonds. The maximum Gasteiger partial charge on any atom is 0.407 e. The summed E-state index contributed by atoms with van der Waals surface area (Å²) < 4.78 is 11.3. The summed E-state index contributed by atoms with van der Waals surface area (Å²) in [4.78, 5) is 36.7. The molecule has 0 bridgehead atoms. The fourth-order valence-corrected chi connectivity index (χ4v) is 5.01. The third-order valence-corrected chi connectivity index (χ3v) is 7.16. The van der Waals surface area contributed by atoms with Crippen molar-refractivity contribution < 1.29 is 29.0 Å². The average Bonchev–Trinajstić information content (AvgIpc) is 3.27. The van der Waals surface area contributed by atoms with Crippen LogP contribution >= 0.6 is 0 Å². The highest BCUT2D eigenvalue weighted by Crippen LogP contribution is 2.44. The topological polar surface area (TPSA) is 114 Å². The van der Waals surface area contributed by atoms with E-state index < -0.39 is 24.2 Å². The Labute approximate surface area is 234 Å². The number of nitrogens with one attached hydrogen (secondary N) is 2. The Morgan fingerprint density at radius 1 is 0.850 bits per heavy atom. The Kier molecular flexibility index (Phi) is 9.91. The lowest BCUT2D eigenvalue weighted by molar-refractivity contribution is -0.146. The van der Waals surface area contributed by atoms with E-state index in [1.807, 2.05) is 61.5 Å². The van der Waals surface area contributed by atoms with Gasteiger partial charge in [0, 0.05) is 18.4 Å². The molecule has 3 N–H and O–H groups in total. The summed E-state index contributed by atoms with van der Waals surface area (Å²) in [5, 5.41) is 15.0. The number of rotatable bonds is 13. The Morgan fingerprint density at radius 3 is 2.08 bits per heavy atom. The molecule has 210 valence electrons. The molecule has 8 heteroatoms. The number of ether oxygens (including phenoxy) is 2. The molecule has 0 saturated heterocycles. The normalized spacial score (nSPS) is 14.3. The van der Waals surface area contributed by atoms with Crippen LogP contribution in [0.15, 0.2) is 78.9 Å². The van der Waals surface area contributed by atoms with Crippen LogP contribution < -0.4 is 10.6 Å². The van der Waals surface area contributed by atoms with Crippen LogP contribution in [0, 0.1) is 0 Å². The number of carboxylic acid groups (broad SMARTS) is 1. The molecule has 0 radical (unpaired) electrons. The summed E-state index contributed by atoms with van der Waals surface area (Å²) in [6.07, 6.45) is -0.0752. The summed E-state index contributed by atoms with van der Waals surface area (Å²) >= 11 is 0. The van der Waals surface area contributed by atoms with Gasteiger partial charge in [-0.15, -0.1) is 0 Å². The van der Waals surface area contributed by atoms with Crippen molar-refractivity contribution in [3.63, 3.8) is 0 Å². The molecule has 3 aromatic carbocycles. The molecule has 1 aliphatic carbocycles. The summed E-state index contributed by atoms with van der Waals surface area (Å²) in [5.74, 6) is -1.55. The van der Waals surface area contributed by atoms with Crippen LogP contribution in [0.2, 0.25) is 0 Å². The number of hydrogen-bond acceptors (Lipinski definition) is 5. The second-order valence-electron chi connectivity index (χ2n) is 10.1. The number of carbonyl (C=O) groups is 3. The van der Waals surface area contributed by atoms with Crippen LogP contribution in [-0.4, -0.2) is 47.9 Å². The standard InChI is InChI=1S/C32H36N2O6/c1-21(11-10-18-29(35)34-30(31(36)37)22(2)39-19-23-12-4-3-5-13-23)33-32(38)40-20-28-26-16-8-6-14-24(26)25-15-7-9-17-27(25)28/h3-9,12-17,21-22,28,30H,10-11,18-20H2,1-2H3,(H,33,38)(H,34,35)(H,36,37)/t21?,22-,30+/m0/s1. The Balaban J connectivity index is 1.17. The molecule has 3 aromatic rings. The number of aliphatic carboxylic acids is 1. The van der Waals surface area contributed by atoms with Gasteiger partial charge in [-0.2, -0.15) is 0 Å². The van der Waals surface area contributed by atoms with Crippen LogP contribution in [0.5, 0.6) is 0 Å². The van der Waals surface area contributed by atoms with Crippen LogP contribution in [0.25, 0.3) is 11.1 Å². The van der Waals surface area contributed by atoms with Gasteiger partial charge in [0.05, 0.1) is 12.7 Å². The number of carboxylic acids is 1. The molecular formula is C32H36N2O6. The maximum absolute atomic E-state index is 12.5. The van der Waals surface area contributed by atoms with Crippen molar-refractivity contribution in [2.45, 2.75) is 63.8 Å². The highest BCUT2D eigenvalue weighted by atomic mass is 16.5. The first kappa shape index (κ1) is 28.8. The highest BCUT2D eigenvalue weighted by Gasteiger charge is 2.29. The number of hydrogen-bond donors (Lipinski definition) is 3. The van der Waals surface area contributed by atoms with E-state index in [9.17, 15) is 19.5 Å². The third kappa shape index (κ3) is 7.48. The molecule has 0 heterocycles. The number of amides is 2. The van der Waals surface area contributed by atoms with Crippen molar-refractivity contribution in [1.29, 1.82) is 0 Å². The summed E-state index contributed by atoms with van der Waals surface area (Å²) in [6, 6.07) is 24.4. The Morgan fingerprint density at radius 2 is 1.45 bits per heavy atom. The largest absolute Gasteiger partial charge is 0.480 e. The monoisotopic (exact) mass is 544 g/mol. The molecule has 1 unspecified atom stereocenters. The van der Waals surface area contributed by atoms with Gasteiger partial charge < -0.3 is 25.2 Å². The zero-order chi connectivity index (χ0) is 28.5. The summed E-state index contributed by atoms with van der Waals surface area (Å²) in [5.41, 5.74) is 5.55. The van der Waals surface area contributed by atoms with Crippen LogP contribution in [0.4, 0.5) is 4.79 Å². The summed E-state index contributed by atoms with van der Waals surface area (Å²) in [7, 11) is 0. The summed E-state index contributed by atoms with van der Waals surface area (Å²) in [6.45, 7) is 3.96. The fourth-order valence-electron chi connectivity index (χ4n) is 5.01. The second kappa shape index (κ2) is 13.8. The van der Waals surface area contributed by atoms with E-state index in [2.05, 4.69) is 34.9 Å². The van der Waals surface area contributed by atoms with Crippen LogP contribution in [0.3, 0.4) is 0 Å². The van der Waals surface area contributed by atoms with Gasteiger partial charge in [0.2, 0.25) is 5.91 Å². The van der Waals surface area contributed by atoms with Crippen molar-refractivity contribution >= 4 is 18.0 Å². The molecule has 0 aliphatic heterocycles. The lowest BCUT2D eigenvalue weighted by atomic mass is 9.98. The predicted octanol–water partition coefficient (Wildman–Crippen LogP) is 5.26. The van der Waals surface area contributed by atoms with E-state index in [0.717, 1.165) is 16.7 Å².